The second kappa shape index (κ2) is 4.00. The van der Waals surface area contributed by atoms with Crippen LogP contribution in [0, 0.1) is 0 Å². The van der Waals surface area contributed by atoms with Crippen molar-refractivity contribution in [1.29, 1.82) is 0 Å². The molecule has 2 rings (SSSR count). The van der Waals surface area contributed by atoms with Crippen molar-refractivity contribution < 1.29 is 14.6 Å². The van der Waals surface area contributed by atoms with E-state index in [0.717, 1.165) is 5.56 Å². The molecule has 5 nitrogen and oxygen atoms in total. The summed E-state index contributed by atoms with van der Waals surface area (Å²) < 4.78 is 5.25. The Labute approximate surface area is 100 Å². The van der Waals surface area contributed by atoms with Crippen molar-refractivity contribution in [2.45, 2.75) is 39.0 Å². The van der Waals surface area contributed by atoms with Gasteiger partial charge in [-0.05, 0) is 32.4 Å². The molecule has 0 aliphatic carbocycles. The van der Waals surface area contributed by atoms with Crippen molar-refractivity contribution >= 4 is 11.8 Å². The summed E-state index contributed by atoms with van der Waals surface area (Å²) in [4.78, 5) is 17.2. The Hall–Kier alpha value is -1.62. The van der Waals surface area contributed by atoms with E-state index < -0.39 is 17.9 Å². The molecule has 0 radical (unpaired) electrons. The van der Waals surface area contributed by atoms with Gasteiger partial charge in [0.25, 0.3) is 0 Å². The molecule has 0 saturated heterocycles. The maximum atomic E-state index is 12.0. The lowest BCUT2D eigenvalue weighted by Gasteiger charge is -2.26. The summed E-state index contributed by atoms with van der Waals surface area (Å²) in [6, 6.07) is 1.79. The van der Waals surface area contributed by atoms with E-state index in [9.17, 15) is 9.90 Å². The van der Waals surface area contributed by atoms with Crippen LogP contribution in [0.15, 0.2) is 18.5 Å². The Morgan fingerprint density at radius 2 is 2.29 bits per heavy atom. The predicted molar refractivity (Wildman–Crippen MR) is 62.7 cm³/mol. The van der Waals surface area contributed by atoms with Crippen molar-refractivity contribution in [2.24, 2.45) is 0 Å². The lowest BCUT2D eigenvalue weighted by Crippen LogP contribution is -2.41. The van der Waals surface area contributed by atoms with E-state index in [1.54, 1.807) is 39.2 Å². The van der Waals surface area contributed by atoms with E-state index in [1.165, 1.54) is 4.90 Å². The number of nitrogens with zero attached hydrogens (tertiary/aromatic N) is 2. The highest BCUT2D eigenvalue weighted by Crippen LogP contribution is 2.31. The van der Waals surface area contributed by atoms with E-state index in [2.05, 4.69) is 4.98 Å². The van der Waals surface area contributed by atoms with Crippen LogP contribution in [-0.2, 0) is 11.2 Å². The van der Waals surface area contributed by atoms with Gasteiger partial charge in [-0.3, -0.25) is 4.98 Å². The minimum atomic E-state index is -0.871. The molecule has 0 fully saturated rings. The van der Waals surface area contributed by atoms with Crippen LogP contribution in [0.25, 0.3) is 0 Å². The minimum Gasteiger partial charge on any atom is -0.443 e. The maximum Gasteiger partial charge on any atom is 0.417 e. The lowest BCUT2D eigenvalue weighted by atomic mass is 10.2. The van der Waals surface area contributed by atoms with Gasteiger partial charge >= 0.3 is 6.09 Å². The number of anilines is 1. The number of rotatable bonds is 0. The van der Waals surface area contributed by atoms with Crippen LogP contribution < -0.4 is 4.90 Å². The van der Waals surface area contributed by atoms with Crippen LogP contribution in [0.4, 0.5) is 10.5 Å². The van der Waals surface area contributed by atoms with Crippen LogP contribution in [0.5, 0.6) is 0 Å². The fourth-order valence-electron chi connectivity index (χ4n) is 1.78. The van der Waals surface area contributed by atoms with Gasteiger partial charge in [0.05, 0.1) is 11.9 Å². The minimum absolute atomic E-state index is 0.414. The molecule has 1 N–H and O–H groups in total. The van der Waals surface area contributed by atoms with Gasteiger partial charge in [0, 0.05) is 12.6 Å². The number of amides is 1. The highest BCUT2D eigenvalue weighted by atomic mass is 16.6. The summed E-state index contributed by atoms with van der Waals surface area (Å²) in [5.74, 6) is 0. The van der Waals surface area contributed by atoms with E-state index >= 15 is 0 Å². The molecule has 1 aliphatic rings. The number of aromatic nitrogens is 1. The van der Waals surface area contributed by atoms with Crippen molar-refractivity contribution in [3.63, 3.8) is 0 Å². The van der Waals surface area contributed by atoms with Gasteiger partial charge in [-0.1, -0.05) is 0 Å². The lowest BCUT2D eigenvalue weighted by molar-refractivity contribution is 0.0490. The zero-order valence-electron chi connectivity index (χ0n) is 10.2. The Morgan fingerprint density at radius 3 is 2.94 bits per heavy atom. The van der Waals surface area contributed by atoms with Crippen LogP contribution >= 0.6 is 0 Å². The number of aliphatic hydroxyl groups is 1. The number of pyridine rings is 1. The molecule has 92 valence electrons. The van der Waals surface area contributed by atoms with Crippen LogP contribution in [0.3, 0.4) is 0 Å². The molecule has 0 saturated carbocycles. The molecule has 5 heteroatoms. The zero-order valence-corrected chi connectivity index (χ0v) is 10.2. The average Bonchev–Trinajstić information content (AvgIpc) is 2.50. The molecule has 1 aliphatic heterocycles. The number of fused-ring (bicyclic) bond motifs is 1. The second-order valence-corrected chi connectivity index (χ2v) is 5.04. The number of hydrogen-bond donors (Lipinski definition) is 1. The van der Waals surface area contributed by atoms with Crippen LogP contribution in [0.1, 0.15) is 26.3 Å². The number of ether oxygens (including phenoxy) is 1. The SMILES string of the molecule is CC(C)(C)OC(=O)N1c2cnccc2CC1O. The average molecular weight is 236 g/mol. The Morgan fingerprint density at radius 1 is 1.59 bits per heavy atom. The van der Waals surface area contributed by atoms with Gasteiger partial charge in [-0.15, -0.1) is 0 Å². The normalized spacial score (nSPS) is 19.1. The maximum absolute atomic E-state index is 12.0. The van der Waals surface area contributed by atoms with E-state index in [1.807, 2.05) is 0 Å². The molecule has 1 atom stereocenters. The number of hydrogen-bond acceptors (Lipinski definition) is 4. The first-order chi connectivity index (χ1) is 7.88. The summed E-state index contributed by atoms with van der Waals surface area (Å²) in [6.45, 7) is 5.37. The third-order valence-electron chi connectivity index (χ3n) is 2.44. The van der Waals surface area contributed by atoms with Gasteiger partial charge in [-0.2, -0.15) is 0 Å². The number of carbonyl (C=O) groups is 1. The Kier molecular flexibility index (Phi) is 2.79. The summed E-state index contributed by atoms with van der Waals surface area (Å²) >= 11 is 0. The molecule has 1 unspecified atom stereocenters. The van der Waals surface area contributed by atoms with Crippen LogP contribution in [-0.4, -0.2) is 28.0 Å². The van der Waals surface area contributed by atoms with Gasteiger partial charge in [0.2, 0.25) is 0 Å². The van der Waals surface area contributed by atoms with E-state index in [-0.39, 0.29) is 0 Å². The molecule has 0 aromatic carbocycles. The molecule has 0 bridgehead atoms. The summed E-state index contributed by atoms with van der Waals surface area (Å²) in [7, 11) is 0. The standard InChI is InChI=1S/C12H16N2O3/c1-12(2,3)17-11(16)14-9-7-13-5-4-8(9)6-10(14)15/h4-5,7,10,15H,6H2,1-3H3. The topological polar surface area (TPSA) is 62.7 Å². The smallest absolute Gasteiger partial charge is 0.417 e. The number of aliphatic hydroxyl groups excluding tert-OH is 1. The first-order valence-corrected chi connectivity index (χ1v) is 5.51. The van der Waals surface area contributed by atoms with E-state index in [4.69, 9.17) is 4.74 Å². The van der Waals surface area contributed by atoms with Crippen molar-refractivity contribution in [3.05, 3.63) is 24.0 Å². The fourth-order valence-corrected chi connectivity index (χ4v) is 1.78. The summed E-state index contributed by atoms with van der Waals surface area (Å²) in [5, 5.41) is 9.87. The quantitative estimate of drug-likeness (QED) is 0.744. The Bertz CT molecular complexity index is 440. The third-order valence-corrected chi connectivity index (χ3v) is 2.44. The molecule has 1 aromatic rings. The molecular weight excluding hydrogens is 220 g/mol. The largest absolute Gasteiger partial charge is 0.443 e. The van der Waals surface area contributed by atoms with Crippen molar-refractivity contribution in [1.82, 2.24) is 4.98 Å². The monoisotopic (exact) mass is 236 g/mol. The fraction of sp³-hybridized carbons (Fsp3) is 0.500. The molecule has 1 amide bonds. The molecular formula is C12H16N2O3. The van der Waals surface area contributed by atoms with Crippen LogP contribution in [0.2, 0.25) is 0 Å². The third kappa shape index (κ3) is 2.39. The second-order valence-electron chi connectivity index (χ2n) is 5.04. The highest BCUT2D eigenvalue weighted by molar-refractivity contribution is 5.90. The molecule has 2 heterocycles. The molecule has 0 spiro atoms. The summed E-state index contributed by atoms with van der Waals surface area (Å²) in [5.41, 5.74) is 0.939. The van der Waals surface area contributed by atoms with Gasteiger partial charge in [0.1, 0.15) is 11.8 Å². The van der Waals surface area contributed by atoms with Gasteiger partial charge in [-0.25, -0.2) is 9.69 Å². The van der Waals surface area contributed by atoms with Crippen molar-refractivity contribution in [2.75, 3.05) is 4.90 Å². The van der Waals surface area contributed by atoms with E-state index in [0.29, 0.717) is 12.1 Å². The summed E-state index contributed by atoms with van der Waals surface area (Å²) in [6.07, 6.45) is 2.21. The molecule has 1 aromatic heterocycles. The predicted octanol–water partition coefficient (Wildman–Crippen LogP) is 1.70. The number of carbonyl (C=O) groups excluding carboxylic acids is 1. The van der Waals surface area contributed by atoms with Gasteiger partial charge < -0.3 is 9.84 Å². The molecule has 17 heavy (non-hydrogen) atoms. The van der Waals surface area contributed by atoms with Gasteiger partial charge in [0.15, 0.2) is 0 Å². The highest BCUT2D eigenvalue weighted by Gasteiger charge is 2.35. The first kappa shape index (κ1) is 11.9. The first-order valence-electron chi connectivity index (χ1n) is 5.51. The zero-order chi connectivity index (χ0) is 12.6. The Balaban J connectivity index is 2.25. The van der Waals surface area contributed by atoms with Crippen molar-refractivity contribution in [3.8, 4) is 0 Å².